The van der Waals surface area contributed by atoms with Crippen LogP contribution >= 0.6 is 11.6 Å². The van der Waals surface area contributed by atoms with Crippen molar-refractivity contribution in [3.8, 4) is 6.07 Å². The molecule has 0 amide bonds. The maximum absolute atomic E-state index is 8.73. The fourth-order valence-corrected chi connectivity index (χ4v) is 1.02. The number of nitrogens with one attached hydrogen (secondary N) is 1. The number of rotatable bonds is 4. The monoisotopic (exact) mass is 212 g/mol. The summed E-state index contributed by atoms with van der Waals surface area (Å²) in [5.74, 6) is 0.394. The molecule has 5 nitrogen and oxygen atoms in total. The minimum Gasteiger partial charge on any atom is -0.396 e. The van der Waals surface area contributed by atoms with Gasteiger partial charge in [-0.3, -0.25) is 0 Å². The summed E-state index contributed by atoms with van der Waals surface area (Å²) in [6.45, 7) is 0.636. The fraction of sp³-hybridized carbons (Fsp3) is 0.375. The third kappa shape index (κ3) is 2.83. The first-order valence-corrected chi connectivity index (χ1v) is 4.43. The van der Waals surface area contributed by atoms with E-state index in [-0.39, 0.29) is 11.8 Å². The van der Waals surface area contributed by atoms with Crippen molar-refractivity contribution in [2.45, 2.75) is 6.42 Å². The van der Waals surface area contributed by atoms with Crippen LogP contribution in [0.4, 0.5) is 5.82 Å². The molecular formula is C8H9ClN4O. The highest BCUT2D eigenvalue weighted by molar-refractivity contribution is 6.29. The molecule has 0 aromatic carbocycles. The van der Waals surface area contributed by atoms with Crippen molar-refractivity contribution in [3.05, 3.63) is 16.8 Å². The standard InChI is InChI=1S/C8H9ClN4O/c9-7-4-6(5-10)8(13-12-7)11-2-1-3-14/h4,14H,1-3H2,(H,11,13). The Bertz CT molecular complexity index is 350. The minimum absolute atomic E-state index is 0.0932. The van der Waals surface area contributed by atoms with Gasteiger partial charge >= 0.3 is 0 Å². The van der Waals surface area contributed by atoms with Crippen LogP contribution in [0.15, 0.2) is 6.07 Å². The highest BCUT2D eigenvalue weighted by atomic mass is 35.5. The van der Waals surface area contributed by atoms with E-state index in [0.717, 1.165) is 0 Å². The van der Waals surface area contributed by atoms with Gasteiger partial charge in [0.1, 0.15) is 6.07 Å². The predicted molar refractivity (Wildman–Crippen MR) is 51.9 cm³/mol. The van der Waals surface area contributed by atoms with Crippen molar-refractivity contribution in [2.75, 3.05) is 18.5 Å². The normalized spacial score (nSPS) is 9.50. The zero-order chi connectivity index (χ0) is 10.4. The van der Waals surface area contributed by atoms with Crippen LogP contribution in [-0.2, 0) is 0 Å². The van der Waals surface area contributed by atoms with Crippen LogP contribution in [0.5, 0.6) is 0 Å². The van der Waals surface area contributed by atoms with Crippen molar-refractivity contribution in [2.24, 2.45) is 0 Å². The summed E-state index contributed by atoms with van der Waals surface area (Å²) in [7, 11) is 0. The van der Waals surface area contributed by atoms with E-state index in [4.69, 9.17) is 22.0 Å². The summed E-state index contributed by atoms with van der Waals surface area (Å²) in [6, 6.07) is 3.39. The van der Waals surface area contributed by atoms with Crippen molar-refractivity contribution in [1.82, 2.24) is 10.2 Å². The van der Waals surface area contributed by atoms with Crippen LogP contribution < -0.4 is 5.32 Å². The second-order valence-electron chi connectivity index (χ2n) is 2.55. The summed E-state index contributed by atoms with van der Waals surface area (Å²) >= 11 is 5.56. The molecule has 0 unspecified atom stereocenters. The lowest BCUT2D eigenvalue weighted by Gasteiger charge is -2.04. The first-order chi connectivity index (χ1) is 6.77. The largest absolute Gasteiger partial charge is 0.396 e. The number of aromatic nitrogens is 2. The second-order valence-corrected chi connectivity index (χ2v) is 2.93. The zero-order valence-corrected chi connectivity index (χ0v) is 8.12. The zero-order valence-electron chi connectivity index (χ0n) is 7.37. The Balaban J connectivity index is 2.72. The first-order valence-electron chi connectivity index (χ1n) is 4.06. The molecule has 0 atom stereocenters. The van der Waals surface area contributed by atoms with Gasteiger partial charge in [-0.05, 0) is 12.5 Å². The van der Waals surface area contributed by atoms with Gasteiger partial charge in [-0.1, -0.05) is 11.6 Å². The summed E-state index contributed by atoms with van der Waals surface area (Å²) < 4.78 is 0. The summed E-state index contributed by atoms with van der Waals surface area (Å²) in [6.07, 6.45) is 0.592. The van der Waals surface area contributed by atoms with Gasteiger partial charge < -0.3 is 10.4 Å². The Morgan fingerprint density at radius 3 is 3.00 bits per heavy atom. The second kappa shape index (κ2) is 5.37. The van der Waals surface area contributed by atoms with E-state index in [1.165, 1.54) is 6.07 Å². The number of nitriles is 1. The molecule has 0 bridgehead atoms. The molecule has 0 spiro atoms. The third-order valence-corrected chi connectivity index (χ3v) is 1.70. The number of hydrogen-bond donors (Lipinski definition) is 2. The van der Waals surface area contributed by atoms with Crippen molar-refractivity contribution < 1.29 is 5.11 Å². The van der Waals surface area contributed by atoms with Crippen LogP contribution in [0, 0.1) is 11.3 Å². The van der Waals surface area contributed by atoms with E-state index in [2.05, 4.69) is 15.5 Å². The number of nitrogens with zero attached hydrogens (tertiary/aromatic N) is 3. The summed E-state index contributed by atoms with van der Waals surface area (Å²) in [5, 5.41) is 27.7. The molecule has 1 aromatic heterocycles. The van der Waals surface area contributed by atoms with Crippen molar-refractivity contribution in [1.29, 1.82) is 5.26 Å². The van der Waals surface area contributed by atoms with Gasteiger partial charge in [0.2, 0.25) is 0 Å². The molecule has 74 valence electrons. The fourth-order valence-electron chi connectivity index (χ4n) is 0.870. The van der Waals surface area contributed by atoms with E-state index >= 15 is 0 Å². The highest BCUT2D eigenvalue weighted by Gasteiger charge is 2.04. The highest BCUT2D eigenvalue weighted by Crippen LogP contribution is 2.13. The van der Waals surface area contributed by atoms with Gasteiger partial charge in [0.25, 0.3) is 0 Å². The SMILES string of the molecule is N#Cc1cc(Cl)nnc1NCCCO. The molecule has 0 aliphatic heterocycles. The Morgan fingerprint density at radius 1 is 1.57 bits per heavy atom. The van der Waals surface area contributed by atoms with Crippen LogP contribution in [0.1, 0.15) is 12.0 Å². The lowest BCUT2D eigenvalue weighted by Crippen LogP contribution is -2.07. The van der Waals surface area contributed by atoms with Crippen molar-refractivity contribution >= 4 is 17.4 Å². The molecule has 1 heterocycles. The maximum Gasteiger partial charge on any atom is 0.166 e. The van der Waals surface area contributed by atoms with Crippen LogP contribution in [0.25, 0.3) is 0 Å². The van der Waals surface area contributed by atoms with E-state index in [0.29, 0.717) is 24.3 Å². The Labute approximate surface area is 86.3 Å². The molecule has 6 heteroatoms. The molecule has 0 aliphatic rings. The Kier molecular flexibility index (Phi) is 4.11. The van der Waals surface area contributed by atoms with Gasteiger partial charge in [0, 0.05) is 13.2 Å². The van der Waals surface area contributed by atoms with Crippen LogP contribution in [0.3, 0.4) is 0 Å². The van der Waals surface area contributed by atoms with E-state index in [9.17, 15) is 0 Å². The van der Waals surface area contributed by atoms with Gasteiger partial charge in [0.15, 0.2) is 11.0 Å². The molecule has 0 aliphatic carbocycles. The number of anilines is 1. The molecule has 1 rings (SSSR count). The average Bonchev–Trinajstić information content (AvgIpc) is 2.20. The molecule has 2 N–H and O–H groups in total. The molecule has 1 aromatic rings. The topological polar surface area (TPSA) is 81.8 Å². The smallest absolute Gasteiger partial charge is 0.166 e. The van der Waals surface area contributed by atoms with Gasteiger partial charge in [-0.15, -0.1) is 10.2 Å². The van der Waals surface area contributed by atoms with E-state index in [1.807, 2.05) is 6.07 Å². The van der Waals surface area contributed by atoms with E-state index < -0.39 is 0 Å². The lowest BCUT2D eigenvalue weighted by molar-refractivity contribution is 0.292. The molecule has 14 heavy (non-hydrogen) atoms. The Hall–Kier alpha value is -1.38. The van der Waals surface area contributed by atoms with Gasteiger partial charge in [0.05, 0.1) is 5.56 Å². The Morgan fingerprint density at radius 2 is 2.36 bits per heavy atom. The lowest BCUT2D eigenvalue weighted by atomic mass is 10.3. The van der Waals surface area contributed by atoms with Crippen molar-refractivity contribution in [3.63, 3.8) is 0 Å². The minimum atomic E-state index is 0.0932. The van der Waals surface area contributed by atoms with Gasteiger partial charge in [-0.2, -0.15) is 5.26 Å². The number of aliphatic hydroxyl groups excluding tert-OH is 1. The summed E-state index contributed by atoms with van der Waals surface area (Å²) in [4.78, 5) is 0. The molecule has 0 saturated heterocycles. The third-order valence-electron chi connectivity index (χ3n) is 1.51. The van der Waals surface area contributed by atoms with Crippen LogP contribution in [0.2, 0.25) is 5.15 Å². The quantitative estimate of drug-likeness (QED) is 0.722. The number of hydrogen-bond acceptors (Lipinski definition) is 5. The molecular weight excluding hydrogens is 204 g/mol. The van der Waals surface area contributed by atoms with Crippen LogP contribution in [-0.4, -0.2) is 28.5 Å². The molecule has 0 radical (unpaired) electrons. The summed E-state index contributed by atoms with van der Waals surface area (Å²) in [5.41, 5.74) is 0.350. The number of aliphatic hydroxyl groups is 1. The first kappa shape index (κ1) is 10.7. The molecule has 0 fully saturated rings. The van der Waals surface area contributed by atoms with E-state index in [1.54, 1.807) is 0 Å². The average molecular weight is 213 g/mol. The molecule has 0 saturated carbocycles. The number of halogens is 1. The predicted octanol–water partition coefficient (Wildman–Crippen LogP) is 0.796. The van der Waals surface area contributed by atoms with Gasteiger partial charge in [-0.25, -0.2) is 0 Å². The maximum atomic E-state index is 8.73.